The van der Waals surface area contributed by atoms with Crippen LogP contribution in [0.15, 0.2) is 18.2 Å². The molecule has 0 saturated carbocycles. The van der Waals surface area contributed by atoms with Crippen LogP contribution in [0.4, 0.5) is 0 Å². The van der Waals surface area contributed by atoms with Gasteiger partial charge in [-0.3, -0.25) is 4.79 Å². The second kappa shape index (κ2) is 6.19. The molecule has 0 atom stereocenters. The number of carbonyl (C=O) groups excluding carboxylic acids is 1. The van der Waals surface area contributed by atoms with Gasteiger partial charge in [-0.1, -0.05) is 17.7 Å². The molecule has 0 bridgehead atoms. The quantitative estimate of drug-likeness (QED) is 0.634. The lowest BCUT2D eigenvalue weighted by Gasteiger charge is -2.07. The topological polar surface area (TPSA) is 29.1 Å². The monoisotopic (exact) mass is 235 g/mol. The van der Waals surface area contributed by atoms with E-state index in [1.54, 1.807) is 25.1 Å². The molecule has 1 N–H and O–H groups in total. The van der Waals surface area contributed by atoms with Gasteiger partial charge in [-0.15, -0.1) is 11.8 Å². The number of hydrogen-bond acceptors (Lipinski definition) is 1. The van der Waals surface area contributed by atoms with Crippen LogP contribution in [0.1, 0.15) is 29.3 Å². The van der Waals surface area contributed by atoms with E-state index in [2.05, 4.69) is 17.2 Å². The molecule has 3 heteroatoms. The Kier molecular flexibility index (Phi) is 4.88. The molecule has 1 aromatic carbocycles. The van der Waals surface area contributed by atoms with Gasteiger partial charge in [-0.2, -0.15) is 0 Å². The van der Waals surface area contributed by atoms with Gasteiger partial charge in [-0.05, 0) is 31.5 Å². The first kappa shape index (κ1) is 12.6. The maximum absolute atomic E-state index is 11.8. The van der Waals surface area contributed by atoms with Crippen molar-refractivity contribution in [1.82, 2.24) is 5.32 Å². The first-order valence-corrected chi connectivity index (χ1v) is 5.47. The van der Waals surface area contributed by atoms with Crippen LogP contribution in [-0.2, 0) is 0 Å². The zero-order valence-electron chi connectivity index (χ0n) is 9.43. The van der Waals surface area contributed by atoms with Crippen molar-refractivity contribution in [3.8, 4) is 11.8 Å². The van der Waals surface area contributed by atoms with Gasteiger partial charge in [-0.25, -0.2) is 0 Å². The normalized spacial score (nSPS) is 9.19. The molecule has 0 aliphatic heterocycles. The molecule has 1 aromatic rings. The molecule has 0 fully saturated rings. The lowest BCUT2D eigenvalue weighted by molar-refractivity contribution is 0.0954. The summed E-state index contributed by atoms with van der Waals surface area (Å²) in [5, 5.41) is 3.41. The summed E-state index contributed by atoms with van der Waals surface area (Å²) in [4.78, 5) is 11.8. The lowest BCUT2D eigenvalue weighted by atomic mass is 10.1. The summed E-state index contributed by atoms with van der Waals surface area (Å²) in [6, 6.07) is 5.31. The molecule has 0 aliphatic carbocycles. The number of halogens is 1. The molecule has 84 valence electrons. The average molecular weight is 236 g/mol. The standard InChI is InChI=1S/C13H14ClNO/c1-3-4-5-9-15-13(16)11-7-6-8-12(14)10(11)2/h6-8H,5,9H2,1-2H3,(H,15,16). The number of carbonyl (C=O) groups is 1. The highest BCUT2D eigenvalue weighted by molar-refractivity contribution is 6.31. The van der Waals surface area contributed by atoms with E-state index >= 15 is 0 Å². The van der Waals surface area contributed by atoms with Gasteiger partial charge in [0.25, 0.3) is 5.91 Å². The maximum Gasteiger partial charge on any atom is 0.251 e. The summed E-state index contributed by atoms with van der Waals surface area (Å²) >= 11 is 5.94. The van der Waals surface area contributed by atoms with Crippen LogP contribution >= 0.6 is 11.6 Å². The van der Waals surface area contributed by atoms with Gasteiger partial charge in [0, 0.05) is 23.6 Å². The minimum atomic E-state index is -0.0992. The molecule has 0 aromatic heterocycles. The van der Waals surface area contributed by atoms with Crippen molar-refractivity contribution >= 4 is 17.5 Å². The summed E-state index contributed by atoms with van der Waals surface area (Å²) < 4.78 is 0. The minimum Gasteiger partial charge on any atom is -0.351 e. The van der Waals surface area contributed by atoms with Crippen LogP contribution in [-0.4, -0.2) is 12.5 Å². The fraction of sp³-hybridized carbons (Fsp3) is 0.308. The molecule has 2 nitrogen and oxygen atoms in total. The second-order valence-electron chi connectivity index (χ2n) is 3.35. The van der Waals surface area contributed by atoms with E-state index in [9.17, 15) is 4.79 Å². The Bertz CT molecular complexity index is 443. The molecule has 0 radical (unpaired) electrons. The number of benzene rings is 1. The van der Waals surface area contributed by atoms with Gasteiger partial charge in [0.2, 0.25) is 0 Å². The largest absolute Gasteiger partial charge is 0.351 e. The lowest BCUT2D eigenvalue weighted by Crippen LogP contribution is -2.24. The van der Waals surface area contributed by atoms with Crippen molar-refractivity contribution in [2.75, 3.05) is 6.54 Å². The molecule has 0 saturated heterocycles. The molecular weight excluding hydrogens is 222 g/mol. The number of nitrogens with one attached hydrogen (secondary N) is 1. The van der Waals surface area contributed by atoms with Crippen LogP contribution in [0.5, 0.6) is 0 Å². The van der Waals surface area contributed by atoms with Gasteiger partial charge < -0.3 is 5.32 Å². The molecule has 0 aliphatic rings. The highest BCUT2D eigenvalue weighted by atomic mass is 35.5. The van der Waals surface area contributed by atoms with Gasteiger partial charge in [0.1, 0.15) is 0 Å². The van der Waals surface area contributed by atoms with Crippen molar-refractivity contribution in [1.29, 1.82) is 0 Å². The predicted octanol–water partition coefficient (Wildman–Crippen LogP) is 2.79. The maximum atomic E-state index is 11.8. The van der Waals surface area contributed by atoms with Crippen molar-refractivity contribution in [2.45, 2.75) is 20.3 Å². The van der Waals surface area contributed by atoms with Gasteiger partial charge in [0.05, 0.1) is 0 Å². The number of rotatable bonds is 3. The molecule has 0 spiro atoms. The van der Waals surface area contributed by atoms with E-state index in [1.165, 1.54) is 0 Å². The number of amides is 1. The van der Waals surface area contributed by atoms with Crippen molar-refractivity contribution in [3.63, 3.8) is 0 Å². The average Bonchev–Trinajstić information content (AvgIpc) is 2.28. The Morgan fingerprint density at radius 3 is 2.94 bits per heavy atom. The fourth-order valence-corrected chi connectivity index (χ4v) is 1.49. The van der Waals surface area contributed by atoms with Crippen LogP contribution in [0.25, 0.3) is 0 Å². The summed E-state index contributed by atoms with van der Waals surface area (Å²) in [7, 11) is 0. The first-order valence-electron chi connectivity index (χ1n) is 5.09. The molecule has 1 rings (SSSR count). The third-order valence-corrected chi connectivity index (χ3v) is 2.63. The van der Waals surface area contributed by atoms with E-state index in [0.29, 0.717) is 23.6 Å². The Hall–Kier alpha value is -1.46. The van der Waals surface area contributed by atoms with Crippen LogP contribution in [0.3, 0.4) is 0 Å². The van der Waals surface area contributed by atoms with Gasteiger partial charge >= 0.3 is 0 Å². The third kappa shape index (κ3) is 3.29. The van der Waals surface area contributed by atoms with Gasteiger partial charge in [0.15, 0.2) is 0 Å². The molecular formula is C13H14ClNO. The highest BCUT2D eigenvalue weighted by Gasteiger charge is 2.09. The minimum absolute atomic E-state index is 0.0992. The summed E-state index contributed by atoms with van der Waals surface area (Å²) in [6.45, 7) is 4.18. The molecule has 0 unspecified atom stereocenters. The van der Waals surface area contributed by atoms with Crippen LogP contribution in [0.2, 0.25) is 5.02 Å². The summed E-state index contributed by atoms with van der Waals surface area (Å²) in [6.07, 6.45) is 0.669. The fourth-order valence-electron chi connectivity index (χ4n) is 1.31. The molecule has 16 heavy (non-hydrogen) atoms. The first-order chi connectivity index (χ1) is 7.66. The summed E-state index contributed by atoms with van der Waals surface area (Å²) in [5.41, 5.74) is 1.43. The predicted molar refractivity (Wildman–Crippen MR) is 66.6 cm³/mol. The van der Waals surface area contributed by atoms with E-state index in [-0.39, 0.29) is 5.91 Å². The third-order valence-electron chi connectivity index (χ3n) is 2.22. The Morgan fingerprint density at radius 2 is 2.25 bits per heavy atom. The SMILES string of the molecule is CC#CCCNC(=O)c1cccc(Cl)c1C. The zero-order chi connectivity index (χ0) is 12.0. The van der Waals surface area contributed by atoms with Crippen LogP contribution < -0.4 is 5.32 Å². The highest BCUT2D eigenvalue weighted by Crippen LogP contribution is 2.18. The summed E-state index contributed by atoms with van der Waals surface area (Å²) in [5.74, 6) is 5.57. The van der Waals surface area contributed by atoms with E-state index < -0.39 is 0 Å². The molecule has 0 heterocycles. The van der Waals surface area contributed by atoms with Crippen molar-refractivity contribution < 1.29 is 4.79 Å². The Balaban J connectivity index is 2.65. The van der Waals surface area contributed by atoms with E-state index in [1.807, 2.05) is 6.92 Å². The van der Waals surface area contributed by atoms with Crippen molar-refractivity contribution in [3.05, 3.63) is 34.3 Å². The smallest absolute Gasteiger partial charge is 0.251 e. The number of hydrogen-bond donors (Lipinski definition) is 1. The Labute approximate surface area is 101 Å². The zero-order valence-corrected chi connectivity index (χ0v) is 10.2. The van der Waals surface area contributed by atoms with Crippen LogP contribution in [0, 0.1) is 18.8 Å². The van der Waals surface area contributed by atoms with Crippen molar-refractivity contribution in [2.24, 2.45) is 0 Å². The molecule has 1 amide bonds. The second-order valence-corrected chi connectivity index (χ2v) is 3.75. The van der Waals surface area contributed by atoms with E-state index in [0.717, 1.165) is 5.56 Å². The van der Waals surface area contributed by atoms with E-state index in [4.69, 9.17) is 11.6 Å². The Morgan fingerprint density at radius 1 is 1.50 bits per heavy atom.